The average molecular weight is 508 g/mol. The van der Waals surface area contributed by atoms with E-state index < -0.39 is 28.5 Å². The third kappa shape index (κ3) is 7.46. The monoisotopic (exact) mass is 507 g/mol. The van der Waals surface area contributed by atoms with E-state index in [9.17, 15) is 18.0 Å². The normalized spacial score (nSPS) is 12.3. The molecule has 1 atom stereocenters. The quantitative estimate of drug-likeness (QED) is 0.500. The van der Waals surface area contributed by atoms with Gasteiger partial charge in [-0.3, -0.25) is 13.9 Å². The number of sulfonamides is 1. The zero-order chi connectivity index (χ0) is 25.5. The molecule has 1 N–H and O–H groups in total. The minimum absolute atomic E-state index is 0.0712. The molecule has 186 valence electrons. The summed E-state index contributed by atoms with van der Waals surface area (Å²) in [6, 6.07) is 13.3. The van der Waals surface area contributed by atoms with Crippen LogP contribution >= 0.6 is 11.6 Å². The van der Waals surface area contributed by atoms with E-state index in [2.05, 4.69) is 5.32 Å². The van der Waals surface area contributed by atoms with E-state index in [1.807, 2.05) is 32.9 Å². The highest BCUT2D eigenvalue weighted by Gasteiger charge is 2.31. The van der Waals surface area contributed by atoms with Gasteiger partial charge in [-0.1, -0.05) is 68.8 Å². The highest BCUT2D eigenvalue weighted by Crippen LogP contribution is 2.25. The van der Waals surface area contributed by atoms with Gasteiger partial charge in [0.1, 0.15) is 12.6 Å². The molecular weight excluding hydrogens is 474 g/mol. The molecule has 0 saturated heterocycles. The maximum atomic E-state index is 13.6. The van der Waals surface area contributed by atoms with Crippen LogP contribution in [0, 0.1) is 5.92 Å². The lowest BCUT2D eigenvalue weighted by atomic mass is 10.1. The van der Waals surface area contributed by atoms with Crippen LogP contribution in [0.2, 0.25) is 5.02 Å². The van der Waals surface area contributed by atoms with E-state index in [-0.39, 0.29) is 18.4 Å². The van der Waals surface area contributed by atoms with E-state index in [1.165, 1.54) is 4.90 Å². The summed E-state index contributed by atoms with van der Waals surface area (Å²) in [5.74, 6) is -0.562. The molecule has 0 fully saturated rings. The molecule has 1 unspecified atom stereocenters. The van der Waals surface area contributed by atoms with Crippen LogP contribution in [0.15, 0.2) is 48.5 Å². The van der Waals surface area contributed by atoms with Gasteiger partial charge in [0.2, 0.25) is 21.8 Å². The predicted octanol–water partition coefficient (Wildman–Crippen LogP) is 3.86. The Balaban J connectivity index is 2.42. The smallest absolute Gasteiger partial charge is 0.244 e. The molecule has 2 rings (SSSR count). The fourth-order valence-electron chi connectivity index (χ4n) is 3.49. The van der Waals surface area contributed by atoms with Gasteiger partial charge in [-0.2, -0.15) is 0 Å². The Labute approximate surface area is 208 Å². The second-order valence-corrected chi connectivity index (χ2v) is 11.0. The predicted molar refractivity (Wildman–Crippen MR) is 137 cm³/mol. The van der Waals surface area contributed by atoms with Crippen molar-refractivity contribution in [2.45, 2.75) is 46.7 Å². The molecular formula is C25H34ClN3O4S. The average Bonchev–Trinajstić information content (AvgIpc) is 2.79. The van der Waals surface area contributed by atoms with Crippen LogP contribution in [0.1, 0.15) is 38.8 Å². The van der Waals surface area contributed by atoms with Crippen LogP contribution in [0.3, 0.4) is 0 Å². The highest BCUT2D eigenvalue weighted by atomic mass is 35.5. The van der Waals surface area contributed by atoms with Crippen molar-refractivity contribution >= 4 is 39.1 Å². The van der Waals surface area contributed by atoms with Gasteiger partial charge in [-0.15, -0.1) is 0 Å². The van der Waals surface area contributed by atoms with E-state index in [4.69, 9.17) is 11.6 Å². The molecule has 2 aromatic carbocycles. The minimum Gasteiger partial charge on any atom is -0.354 e. The van der Waals surface area contributed by atoms with Gasteiger partial charge in [0.05, 0.1) is 11.9 Å². The summed E-state index contributed by atoms with van der Waals surface area (Å²) in [6.07, 6.45) is 1.68. The summed E-state index contributed by atoms with van der Waals surface area (Å²) in [5, 5.41) is 3.32. The van der Waals surface area contributed by atoms with Crippen molar-refractivity contribution in [3.63, 3.8) is 0 Å². The number of amides is 2. The molecule has 2 amide bonds. The summed E-state index contributed by atoms with van der Waals surface area (Å²) < 4.78 is 26.5. The van der Waals surface area contributed by atoms with Crippen molar-refractivity contribution in [3.05, 3.63) is 64.7 Å². The first kappa shape index (κ1) is 27.7. The van der Waals surface area contributed by atoms with Crippen molar-refractivity contribution in [2.75, 3.05) is 23.7 Å². The van der Waals surface area contributed by atoms with Gasteiger partial charge < -0.3 is 10.2 Å². The summed E-state index contributed by atoms with van der Waals surface area (Å²) in [6.45, 7) is 7.63. The number of nitrogens with zero attached hydrogens (tertiary/aromatic N) is 2. The summed E-state index contributed by atoms with van der Waals surface area (Å²) in [4.78, 5) is 27.8. The molecule has 0 heterocycles. The number of hydrogen-bond donors (Lipinski definition) is 1. The lowest BCUT2D eigenvalue weighted by molar-refractivity contribution is -0.139. The van der Waals surface area contributed by atoms with Crippen LogP contribution in [0.4, 0.5) is 5.69 Å². The van der Waals surface area contributed by atoms with Crippen molar-refractivity contribution in [1.29, 1.82) is 0 Å². The number of para-hydroxylation sites is 1. The van der Waals surface area contributed by atoms with E-state index in [0.717, 1.165) is 16.1 Å². The van der Waals surface area contributed by atoms with Crippen molar-refractivity contribution in [3.8, 4) is 0 Å². The maximum Gasteiger partial charge on any atom is 0.244 e. The lowest BCUT2D eigenvalue weighted by Gasteiger charge is -2.32. The van der Waals surface area contributed by atoms with E-state index in [1.54, 1.807) is 43.3 Å². The van der Waals surface area contributed by atoms with Gasteiger partial charge in [-0.05, 0) is 42.5 Å². The molecule has 0 saturated carbocycles. The topological polar surface area (TPSA) is 86.8 Å². The van der Waals surface area contributed by atoms with Crippen molar-refractivity contribution < 1.29 is 18.0 Å². The highest BCUT2D eigenvalue weighted by molar-refractivity contribution is 7.92. The molecule has 0 aliphatic rings. The molecule has 0 aromatic heterocycles. The number of carbonyl (C=O) groups excluding carboxylic acids is 2. The van der Waals surface area contributed by atoms with Crippen molar-refractivity contribution in [1.82, 2.24) is 10.2 Å². The zero-order valence-electron chi connectivity index (χ0n) is 20.4. The third-order valence-electron chi connectivity index (χ3n) is 5.47. The largest absolute Gasteiger partial charge is 0.354 e. The fraction of sp³-hybridized carbons (Fsp3) is 0.440. The summed E-state index contributed by atoms with van der Waals surface area (Å²) in [7, 11) is -3.77. The zero-order valence-corrected chi connectivity index (χ0v) is 22.0. The van der Waals surface area contributed by atoms with E-state index in [0.29, 0.717) is 29.2 Å². The first-order chi connectivity index (χ1) is 16.0. The van der Waals surface area contributed by atoms with Crippen LogP contribution < -0.4 is 9.62 Å². The molecule has 0 bridgehead atoms. The second kappa shape index (κ2) is 12.2. The Hall–Kier alpha value is -2.58. The first-order valence-electron chi connectivity index (χ1n) is 11.3. The maximum absolute atomic E-state index is 13.6. The third-order valence-corrected chi connectivity index (χ3v) is 6.97. The number of rotatable bonds is 11. The van der Waals surface area contributed by atoms with Crippen LogP contribution in [0.5, 0.6) is 0 Å². The van der Waals surface area contributed by atoms with Gasteiger partial charge in [0.15, 0.2) is 0 Å². The summed E-state index contributed by atoms with van der Waals surface area (Å²) in [5.41, 5.74) is 1.93. The van der Waals surface area contributed by atoms with Gasteiger partial charge in [-0.25, -0.2) is 8.42 Å². The number of hydrogen-bond acceptors (Lipinski definition) is 4. The number of anilines is 1. The summed E-state index contributed by atoms with van der Waals surface area (Å²) >= 11 is 6.33. The Kier molecular flexibility index (Phi) is 9.94. The number of carbonyl (C=O) groups is 2. The molecule has 0 spiro atoms. The Bertz CT molecular complexity index is 1100. The standard InChI is InChI=1S/C25H34ClN3O4S/c1-6-20-11-8-10-14-23(20)29(34(5,32)33)17-24(30)28(16-21-12-7-9-13-22(21)26)19(4)25(31)27-15-18(2)3/h7-14,18-19H,6,15-17H2,1-5H3,(H,27,31). The lowest BCUT2D eigenvalue weighted by Crippen LogP contribution is -2.51. The molecule has 0 aliphatic carbocycles. The van der Waals surface area contributed by atoms with Crippen LogP contribution in [-0.2, 0) is 32.6 Å². The van der Waals surface area contributed by atoms with E-state index >= 15 is 0 Å². The first-order valence-corrected chi connectivity index (χ1v) is 13.5. The Morgan fingerprint density at radius 1 is 1.00 bits per heavy atom. The Morgan fingerprint density at radius 2 is 1.59 bits per heavy atom. The fourth-order valence-corrected chi connectivity index (χ4v) is 4.57. The molecule has 7 nitrogen and oxygen atoms in total. The number of benzene rings is 2. The molecule has 9 heteroatoms. The van der Waals surface area contributed by atoms with Crippen LogP contribution in [0.25, 0.3) is 0 Å². The number of halogens is 1. The minimum atomic E-state index is -3.77. The second-order valence-electron chi connectivity index (χ2n) is 8.68. The van der Waals surface area contributed by atoms with Crippen molar-refractivity contribution in [2.24, 2.45) is 5.92 Å². The van der Waals surface area contributed by atoms with Gasteiger partial charge in [0, 0.05) is 18.1 Å². The Morgan fingerprint density at radius 3 is 2.15 bits per heavy atom. The molecule has 34 heavy (non-hydrogen) atoms. The van der Waals surface area contributed by atoms with Gasteiger partial charge in [0.25, 0.3) is 0 Å². The number of nitrogens with one attached hydrogen (secondary N) is 1. The molecule has 0 aliphatic heterocycles. The van der Waals surface area contributed by atoms with Gasteiger partial charge >= 0.3 is 0 Å². The molecule has 0 radical (unpaired) electrons. The SMILES string of the molecule is CCc1ccccc1N(CC(=O)N(Cc1ccccc1Cl)C(C)C(=O)NCC(C)C)S(C)(=O)=O. The number of aryl methyl sites for hydroxylation is 1. The molecule has 2 aromatic rings. The van der Waals surface area contributed by atoms with Crippen LogP contribution in [-0.4, -0.2) is 50.5 Å².